The number of aromatic nitrogens is 1. The molecule has 0 saturated heterocycles. The molecule has 3 heteroatoms. The fourth-order valence-corrected chi connectivity index (χ4v) is 1.98. The maximum absolute atomic E-state index is 5.86. The average Bonchev–Trinajstić information content (AvgIpc) is 2.51. The van der Waals surface area contributed by atoms with Crippen LogP contribution in [0, 0.1) is 0 Å². The Hall–Kier alpha value is -0.410. The molecule has 0 radical (unpaired) electrons. The topological polar surface area (TPSA) is 38.9 Å². The molecule has 1 heterocycles. The van der Waals surface area contributed by atoms with Gasteiger partial charge in [0, 0.05) is 5.38 Å². The molecule has 1 aromatic heterocycles. The molecule has 1 aromatic rings. The van der Waals surface area contributed by atoms with Crippen molar-refractivity contribution >= 4 is 11.3 Å². The van der Waals surface area contributed by atoms with Crippen LogP contribution in [0.4, 0.5) is 0 Å². The highest BCUT2D eigenvalue weighted by atomic mass is 32.1. The number of nitrogens with zero attached hydrogens (tertiary/aromatic N) is 1. The molecule has 2 nitrogen and oxygen atoms in total. The van der Waals surface area contributed by atoms with Crippen molar-refractivity contribution in [1.82, 2.24) is 4.98 Å². The summed E-state index contributed by atoms with van der Waals surface area (Å²) in [4.78, 5) is 4.47. The maximum Gasteiger partial charge on any atom is 0.110 e. The molecule has 0 bridgehead atoms. The number of hydrogen-bond donors (Lipinski definition) is 1. The van der Waals surface area contributed by atoms with E-state index in [0.717, 1.165) is 11.4 Å². The Morgan fingerprint density at radius 1 is 1.58 bits per heavy atom. The van der Waals surface area contributed by atoms with E-state index in [4.69, 9.17) is 5.73 Å². The van der Waals surface area contributed by atoms with E-state index >= 15 is 0 Å². The van der Waals surface area contributed by atoms with Crippen molar-refractivity contribution in [3.63, 3.8) is 0 Å². The zero-order chi connectivity index (χ0) is 9.14. The number of thiazole rings is 1. The van der Waals surface area contributed by atoms with E-state index in [-0.39, 0.29) is 6.04 Å². The molecule has 0 saturated carbocycles. The van der Waals surface area contributed by atoms with E-state index < -0.39 is 0 Å². The third-order valence-corrected chi connectivity index (χ3v) is 2.88. The number of nitrogens with two attached hydrogens (primary N) is 1. The van der Waals surface area contributed by atoms with Gasteiger partial charge in [0.25, 0.3) is 0 Å². The van der Waals surface area contributed by atoms with Gasteiger partial charge in [0.15, 0.2) is 0 Å². The van der Waals surface area contributed by atoms with Crippen LogP contribution in [0.25, 0.3) is 0 Å². The lowest BCUT2D eigenvalue weighted by molar-refractivity contribution is 0.684. The first-order chi connectivity index (χ1) is 5.65. The van der Waals surface area contributed by atoms with Crippen LogP contribution < -0.4 is 5.73 Å². The molecule has 0 amide bonds. The second-order valence-corrected chi connectivity index (χ2v) is 4.17. The summed E-state index contributed by atoms with van der Waals surface area (Å²) in [5, 5.41) is 3.18. The van der Waals surface area contributed by atoms with Crippen LogP contribution in [-0.4, -0.2) is 4.98 Å². The normalized spacial score (nSPS) is 13.8. The molecule has 0 aliphatic heterocycles. The quantitative estimate of drug-likeness (QED) is 0.784. The Bertz CT molecular complexity index is 242. The van der Waals surface area contributed by atoms with Gasteiger partial charge >= 0.3 is 0 Å². The van der Waals surface area contributed by atoms with Gasteiger partial charge in [-0.25, -0.2) is 4.98 Å². The molecule has 0 aliphatic rings. The van der Waals surface area contributed by atoms with E-state index in [9.17, 15) is 0 Å². The molecule has 0 fully saturated rings. The summed E-state index contributed by atoms with van der Waals surface area (Å²) in [6.45, 7) is 6.38. The van der Waals surface area contributed by atoms with Crippen LogP contribution in [-0.2, 0) is 0 Å². The fourth-order valence-electron chi connectivity index (χ4n) is 0.911. The highest BCUT2D eigenvalue weighted by molar-refractivity contribution is 7.09. The van der Waals surface area contributed by atoms with Crippen LogP contribution in [0.3, 0.4) is 0 Å². The van der Waals surface area contributed by atoms with E-state index in [1.54, 1.807) is 11.3 Å². The Morgan fingerprint density at radius 2 is 2.25 bits per heavy atom. The SMILES string of the molecule is CCC(N)c1nc(C(C)C)cs1. The van der Waals surface area contributed by atoms with Crippen molar-refractivity contribution in [3.8, 4) is 0 Å². The van der Waals surface area contributed by atoms with Crippen molar-refractivity contribution < 1.29 is 0 Å². The van der Waals surface area contributed by atoms with E-state index in [0.29, 0.717) is 5.92 Å². The van der Waals surface area contributed by atoms with Crippen molar-refractivity contribution in [3.05, 3.63) is 16.1 Å². The molecule has 1 rings (SSSR count). The zero-order valence-corrected chi connectivity index (χ0v) is 8.69. The Kier molecular flexibility index (Phi) is 3.23. The third-order valence-electron chi connectivity index (χ3n) is 1.89. The molecule has 0 aromatic carbocycles. The predicted octanol–water partition coefficient (Wildman–Crippen LogP) is 2.68. The van der Waals surface area contributed by atoms with Gasteiger partial charge in [0.2, 0.25) is 0 Å². The highest BCUT2D eigenvalue weighted by Crippen LogP contribution is 2.22. The zero-order valence-electron chi connectivity index (χ0n) is 7.87. The molecule has 1 unspecified atom stereocenters. The van der Waals surface area contributed by atoms with Crippen molar-refractivity contribution in [2.45, 2.75) is 39.2 Å². The largest absolute Gasteiger partial charge is 0.322 e. The minimum Gasteiger partial charge on any atom is -0.322 e. The van der Waals surface area contributed by atoms with Gasteiger partial charge in [-0.3, -0.25) is 0 Å². The van der Waals surface area contributed by atoms with E-state index in [1.165, 1.54) is 5.69 Å². The first-order valence-electron chi connectivity index (χ1n) is 4.36. The van der Waals surface area contributed by atoms with Crippen molar-refractivity contribution in [1.29, 1.82) is 0 Å². The lowest BCUT2D eigenvalue weighted by Gasteiger charge is -2.03. The first-order valence-corrected chi connectivity index (χ1v) is 5.24. The number of rotatable bonds is 3. The highest BCUT2D eigenvalue weighted by Gasteiger charge is 2.10. The summed E-state index contributed by atoms with van der Waals surface area (Å²) in [6, 6.07) is 0.127. The van der Waals surface area contributed by atoms with Crippen LogP contribution in [0.5, 0.6) is 0 Å². The monoisotopic (exact) mass is 184 g/mol. The van der Waals surface area contributed by atoms with Crippen LogP contribution in [0.1, 0.15) is 49.9 Å². The van der Waals surface area contributed by atoms with Gasteiger partial charge in [-0.2, -0.15) is 0 Å². The van der Waals surface area contributed by atoms with Gasteiger partial charge in [-0.15, -0.1) is 11.3 Å². The third kappa shape index (κ3) is 2.05. The average molecular weight is 184 g/mol. The van der Waals surface area contributed by atoms with Gasteiger partial charge < -0.3 is 5.73 Å². The molecule has 0 spiro atoms. The smallest absolute Gasteiger partial charge is 0.110 e. The van der Waals surface area contributed by atoms with Gasteiger partial charge in [-0.1, -0.05) is 20.8 Å². The van der Waals surface area contributed by atoms with Crippen molar-refractivity contribution in [2.24, 2.45) is 5.73 Å². The van der Waals surface area contributed by atoms with E-state index in [1.807, 2.05) is 0 Å². The fraction of sp³-hybridized carbons (Fsp3) is 0.667. The molecular weight excluding hydrogens is 168 g/mol. The Balaban J connectivity index is 2.77. The maximum atomic E-state index is 5.86. The summed E-state index contributed by atoms with van der Waals surface area (Å²) in [5.41, 5.74) is 7.02. The molecule has 68 valence electrons. The lowest BCUT2D eigenvalue weighted by atomic mass is 10.2. The van der Waals surface area contributed by atoms with Crippen LogP contribution in [0.2, 0.25) is 0 Å². The van der Waals surface area contributed by atoms with Gasteiger partial charge in [-0.05, 0) is 12.3 Å². The summed E-state index contributed by atoms with van der Waals surface area (Å²) in [7, 11) is 0. The molecule has 2 N–H and O–H groups in total. The Morgan fingerprint density at radius 3 is 2.67 bits per heavy atom. The lowest BCUT2D eigenvalue weighted by Crippen LogP contribution is -2.08. The summed E-state index contributed by atoms with van der Waals surface area (Å²) in [6.07, 6.45) is 0.963. The van der Waals surface area contributed by atoms with E-state index in [2.05, 4.69) is 31.1 Å². The second-order valence-electron chi connectivity index (χ2n) is 3.28. The summed E-state index contributed by atoms with van der Waals surface area (Å²) < 4.78 is 0. The summed E-state index contributed by atoms with van der Waals surface area (Å²) in [5.74, 6) is 0.513. The Labute approximate surface area is 77.8 Å². The standard InChI is InChI=1S/C9H16N2S/c1-4-7(10)9-11-8(5-12-9)6(2)3/h5-7H,4,10H2,1-3H3. The number of hydrogen-bond acceptors (Lipinski definition) is 3. The summed E-state index contributed by atoms with van der Waals surface area (Å²) >= 11 is 1.67. The van der Waals surface area contributed by atoms with Crippen LogP contribution >= 0.6 is 11.3 Å². The molecule has 0 aliphatic carbocycles. The minimum atomic E-state index is 0.127. The van der Waals surface area contributed by atoms with Gasteiger partial charge in [0.1, 0.15) is 5.01 Å². The van der Waals surface area contributed by atoms with Gasteiger partial charge in [0.05, 0.1) is 11.7 Å². The minimum absolute atomic E-state index is 0.127. The molecular formula is C9H16N2S. The van der Waals surface area contributed by atoms with Crippen LogP contribution in [0.15, 0.2) is 5.38 Å². The second kappa shape index (κ2) is 4.01. The predicted molar refractivity (Wildman–Crippen MR) is 53.4 cm³/mol. The first kappa shape index (κ1) is 9.68. The molecule has 12 heavy (non-hydrogen) atoms. The van der Waals surface area contributed by atoms with Crippen molar-refractivity contribution in [2.75, 3.05) is 0 Å². The molecule has 1 atom stereocenters.